The highest BCUT2D eigenvalue weighted by atomic mass is 16.7. The number of para-hydroxylation sites is 1. The number of carbonyl (C=O) groups is 3. The zero-order chi connectivity index (χ0) is 34.4. The molecule has 0 radical (unpaired) electrons. The van der Waals surface area contributed by atoms with E-state index >= 15 is 0 Å². The van der Waals surface area contributed by atoms with Gasteiger partial charge >= 0.3 is 5.97 Å². The van der Waals surface area contributed by atoms with E-state index in [0.29, 0.717) is 11.1 Å². The van der Waals surface area contributed by atoms with Gasteiger partial charge in [-0.2, -0.15) is 0 Å². The van der Waals surface area contributed by atoms with E-state index in [0.717, 1.165) is 5.56 Å². The van der Waals surface area contributed by atoms with Gasteiger partial charge in [0.05, 0.1) is 51.1 Å². The number of ether oxygens (including phenoxy) is 4. The third kappa shape index (κ3) is 10.7. The second-order valence-corrected chi connectivity index (χ2v) is 10.6. The molecule has 8 N–H and O–H groups in total. The SMILES string of the molecule is C#CCOCCOCCO[C@]1(C(=O)O)C[C@H](O)[C@@H](NC(=O)CO)[C@H]([C@H](O)[C@H](O)CNC(=O)Cc2ccc(-c3ccccc3O)cc2)O1. The molecule has 6 atom stereocenters. The number of terminal acetylenes is 1. The van der Waals surface area contributed by atoms with Crippen molar-refractivity contribution < 1.29 is 64.0 Å². The third-order valence-electron chi connectivity index (χ3n) is 7.26. The number of rotatable bonds is 18. The van der Waals surface area contributed by atoms with E-state index in [1.165, 1.54) is 0 Å². The maximum atomic E-state index is 12.6. The van der Waals surface area contributed by atoms with Crippen LogP contribution in [0.3, 0.4) is 0 Å². The quantitative estimate of drug-likeness (QED) is 0.0675. The maximum Gasteiger partial charge on any atom is 0.364 e. The van der Waals surface area contributed by atoms with E-state index in [1.54, 1.807) is 48.5 Å². The Bertz CT molecular complexity index is 1370. The molecule has 0 saturated carbocycles. The Hall–Kier alpha value is -4.11. The first-order chi connectivity index (χ1) is 22.5. The van der Waals surface area contributed by atoms with Crippen molar-refractivity contribution >= 4 is 17.8 Å². The van der Waals surface area contributed by atoms with Crippen LogP contribution in [-0.2, 0) is 39.8 Å². The van der Waals surface area contributed by atoms with Gasteiger partial charge in [0.25, 0.3) is 5.79 Å². The molecule has 2 aromatic carbocycles. The number of aliphatic hydroxyl groups excluding tert-OH is 4. The summed E-state index contributed by atoms with van der Waals surface area (Å²) in [7, 11) is 0. The predicted molar refractivity (Wildman–Crippen MR) is 164 cm³/mol. The van der Waals surface area contributed by atoms with E-state index in [1.807, 2.05) is 0 Å². The fourth-order valence-corrected chi connectivity index (χ4v) is 4.89. The molecule has 1 saturated heterocycles. The first-order valence-electron chi connectivity index (χ1n) is 14.7. The molecule has 0 aromatic heterocycles. The number of hydrogen-bond donors (Lipinski definition) is 8. The normalized spacial score (nSPS) is 22.1. The van der Waals surface area contributed by atoms with Gasteiger partial charge in [-0.3, -0.25) is 9.59 Å². The molecule has 0 aliphatic carbocycles. The number of carboxylic acids is 1. The number of phenols is 1. The molecule has 1 heterocycles. The van der Waals surface area contributed by atoms with Crippen molar-refractivity contribution in [2.45, 2.75) is 49.1 Å². The summed E-state index contributed by atoms with van der Waals surface area (Å²) in [5.74, 6) is -3.25. The maximum absolute atomic E-state index is 12.6. The predicted octanol–water partition coefficient (Wildman–Crippen LogP) is -1.47. The van der Waals surface area contributed by atoms with Gasteiger partial charge in [0.1, 0.15) is 31.2 Å². The number of aliphatic hydroxyl groups is 4. The molecule has 1 aliphatic heterocycles. The molecular weight excluding hydrogens is 620 g/mol. The first-order valence-corrected chi connectivity index (χ1v) is 14.7. The lowest BCUT2D eigenvalue weighted by Gasteiger charge is -2.46. The molecule has 47 heavy (non-hydrogen) atoms. The van der Waals surface area contributed by atoms with Gasteiger partial charge in [-0.15, -0.1) is 6.42 Å². The number of benzene rings is 2. The van der Waals surface area contributed by atoms with Crippen LogP contribution in [0.15, 0.2) is 48.5 Å². The van der Waals surface area contributed by atoms with Crippen LogP contribution in [0.2, 0.25) is 0 Å². The Morgan fingerprint density at radius 3 is 2.36 bits per heavy atom. The van der Waals surface area contributed by atoms with Gasteiger partial charge in [-0.1, -0.05) is 48.4 Å². The van der Waals surface area contributed by atoms with Gasteiger partial charge in [-0.05, 0) is 17.2 Å². The summed E-state index contributed by atoms with van der Waals surface area (Å²) in [6.07, 6.45) is -2.85. The van der Waals surface area contributed by atoms with Crippen molar-refractivity contribution in [2.24, 2.45) is 0 Å². The number of aliphatic carboxylic acids is 1. The number of phenolic OH excluding ortho intramolecular Hbond substituents is 1. The zero-order valence-electron chi connectivity index (χ0n) is 25.5. The molecular formula is C32H40N2O13. The van der Waals surface area contributed by atoms with Crippen molar-refractivity contribution in [3.8, 4) is 29.2 Å². The number of carbonyl (C=O) groups excluding carboxylic acids is 2. The van der Waals surface area contributed by atoms with Crippen molar-refractivity contribution in [3.63, 3.8) is 0 Å². The van der Waals surface area contributed by atoms with Gasteiger partial charge in [0, 0.05) is 18.5 Å². The lowest BCUT2D eigenvalue weighted by molar-refractivity contribution is -0.312. The molecule has 0 bridgehead atoms. The minimum Gasteiger partial charge on any atom is -0.507 e. The van der Waals surface area contributed by atoms with Crippen LogP contribution in [0.1, 0.15) is 12.0 Å². The molecule has 0 unspecified atom stereocenters. The van der Waals surface area contributed by atoms with Gasteiger partial charge < -0.3 is 60.2 Å². The van der Waals surface area contributed by atoms with Crippen LogP contribution < -0.4 is 10.6 Å². The van der Waals surface area contributed by atoms with E-state index in [-0.39, 0.29) is 45.2 Å². The minimum absolute atomic E-state index is 0.0915. The average molecular weight is 661 g/mol. The van der Waals surface area contributed by atoms with Gasteiger partial charge in [0.15, 0.2) is 0 Å². The fourth-order valence-electron chi connectivity index (χ4n) is 4.89. The first kappa shape index (κ1) is 37.3. The second kappa shape index (κ2) is 18.3. The summed E-state index contributed by atoms with van der Waals surface area (Å²) < 4.78 is 21.5. The van der Waals surface area contributed by atoms with Crippen LogP contribution in [0.4, 0.5) is 0 Å². The zero-order valence-corrected chi connectivity index (χ0v) is 25.5. The van der Waals surface area contributed by atoms with Crippen molar-refractivity contribution in [3.05, 3.63) is 54.1 Å². The van der Waals surface area contributed by atoms with Crippen LogP contribution in [0.5, 0.6) is 5.75 Å². The van der Waals surface area contributed by atoms with E-state index in [2.05, 4.69) is 16.6 Å². The van der Waals surface area contributed by atoms with Crippen molar-refractivity contribution in [2.75, 3.05) is 46.2 Å². The summed E-state index contributed by atoms with van der Waals surface area (Å²) in [6.45, 7) is -1.51. The van der Waals surface area contributed by atoms with E-state index in [4.69, 9.17) is 25.4 Å². The Balaban J connectivity index is 1.63. The Morgan fingerprint density at radius 1 is 1.02 bits per heavy atom. The second-order valence-electron chi connectivity index (χ2n) is 10.6. The number of aromatic hydroxyl groups is 1. The summed E-state index contributed by atoms with van der Waals surface area (Å²) in [5, 5.41) is 66.6. The standard InChI is InChI=1S/C32H40N2O13/c1-2-11-44-12-13-45-14-15-46-32(31(42)43)17-24(37)28(34-27(40)19-35)30(47-32)29(41)25(38)18-33-26(39)16-20-7-9-21(10-8-20)22-5-3-4-6-23(22)36/h1,3-10,24-25,28-30,35-38,41H,11-19H2,(H,33,39)(H,34,40)(H,42,43)/t24-,25+,28+,29+,30+,32+/m0/s1. The highest BCUT2D eigenvalue weighted by Gasteiger charge is 2.55. The molecule has 1 fully saturated rings. The van der Waals surface area contributed by atoms with E-state index in [9.17, 15) is 45.0 Å². The van der Waals surface area contributed by atoms with Crippen LogP contribution in [0, 0.1) is 12.3 Å². The number of carboxylic acid groups (broad SMARTS) is 1. The lowest BCUT2D eigenvalue weighted by Crippen LogP contribution is -2.68. The Labute approximate surface area is 271 Å². The minimum atomic E-state index is -2.51. The molecule has 256 valence electrons. The third-order valence-corrected chi connectivity index (χ3v) is 7.26. The monoisotopic (exact) mass is 660 g/mol. The smallest absolute Gasteiger partial charge is 0.364 e. The van der Waals surface area contributed by atoms with Crippen molar-refractivity contribution in [1.29, 1.82) is 0 Å². The molecule has 15 nitrogen and oxygen atoms in total. The molecule has 15 heteroatoms. The lowest BCUT2D eigenvalue weighted by atomic mass is 9.88. The molecule has 2 amide bonds. The van der Waals surface area contributed by atoms with E-state index < -0.39 is 73.6 Å². The summed E-state index contributed by atoms with van der Waals surface area (Å²) in [4.78, 5) is 36.9. The fraction of sp³-hybridized carbons (Fsp3) is 0.469. The Morgan fingerprint density at radius 2 is 1.70 bits per heavy atom. The van der Waals surface area contributed by atoms with Crippen LogP contribution in [-0.4, -0.2) is 131 Å². The largest absolute Gasteiger partial charge is 0.507 e. The molecule has 1 aliphatic rings. The van der Waals surface area contributed by atoms with Crippen LogP contribution >= 0.6 is 0 Å². The average Bonchev–Trinajstić information content (AvgIpc) is 3.06. The molecule has 0 spiro atoms. The van der Waals surface area contributed by atoms with Crippen molar-refractivity contribution in [1.82, 2.24) is 10.6 Å². The number of hydrogen-bond acceptors (Lipinski definition) is 12. The highest BCUT2D eigenvalue weighted by Crippen LogP contribution is 2.33. The topological polar surface area (TPSA) is 234 Å². The molecule has 2 aromatic rings. The molecule has 3 rings (SSSR count). The summed E-state index contributed by atoms with van der Waals surface area (Å²) in [6, 6.07) is 12.2. The van der Waals surface area contributed by atoms with Gasteiger partial charge in [-0.25, -0.2) is 4.79 Å². The summed E-state index contributed by atoms with van der Waals surface area (Å²) >= 11 is 0. The number of nitrogens with one attached hydrogen (secondary N) is 2. The van der Waals surface area contributed by atoms with Crippen LogP contribution in [0.25, 0.3) is 11.1 Å². The van der Waals surface area contributed by atoms with Gasteiger partial charge in [0.2, 0.25) is 11.8 Å². The number of amides is 2. The highest BCUT2D eigenvalue weighted by molar-refractivity contribution is 5.79. The summed E-state index contributed by atoms with van der Waals surface area (Å²) in [5.41, 5.74) is 1.98. The Kier molecular flexibility index (Phi) is 14.5.